The lowest BCUT2D eigenvalue weighted by molar-refractivity contribution is -0.193. The molecule has 6 rings (SSSR count). The van der Waals surface area contributed by atoms with E-state index in [0.29, 0.717) is 26.2 Å². The molecule has 2 aliphatic heterocycles. The molecule has 6 N–H and O–H groups in total. The van der Waals surface area contributed by atoms with Crippen LogP contribution in [0, 0.1) is 23.7 Å². The second-order valence-electron chi connectivity index (χ2n) is 19.7. The standard InChI is InChI=1S/C52H70N12O6.2C2HF3O2/c1-37(53-5)49(65)57-47(51(67)63-29-17-23-43(63)33-61-35-55-59-45(61)27-25-41-19-11-9-12-20-41)39(3)69-31-15-7-8-16-32-70-40(4)48(58-50(66)38(2)54-6)52(68)64-30-18-24-44(64)34-62-36-56-60-46(62)28-26-42-21-13-10-14-22-42;2*3-2(4,5)1(6)7/h9-14,19-22,35-40,43-44,47-48,53-54H,17-18,23-34H2,1-6H3,(H,57,65)(H,58,66);2*(H,6,7)/t37-,38-,39+,40+,43-,44-,47-,48-;;/m0../s1. The zero-order chi connectivity index (χ0) is 62.0. The SMILES string of the molecule is CN[C@@H](C)C(=O)N[C@H](C(=O)N1CCC[C@H]1Cn1cnnc1CCc1ccccc1)[C@@H](C)OCC#CC#CCO[C@H](C)[C@H](NC(=O)[C@H](C)NC)C(=O)N1CCC[C@H]1Cn1cnnc1CCc1ccccc1.O=C(O)C(F)(F)F.O=C(O)C(F)(F)F. The van der Waals surface area contributed by atoms with Crippen molar-refractivity contribution in [1.82, 2.24) is 60.6 Å². The average molecular weight is 1190 g/mol. The molecule has 2 fully saturated rings. The van der Waals surface area contributed by atoms with Crippen molar-refractivity contribution < 1.29 is 74.8 Å². The van der Waals surface area contributed by atoms with Crippen LogP contribution < -0.4 is 21.3 Å². The van der Waals surface area contributed by atoms with E-state index in [1.165, 1.54) is 11.1 Å². The smallest absolute Gasteiger partial charge is 0.475 e. The fourth-order valence-corrected chi connectivity index (χ4v) is 8.77. The first-order valence-corrected chi connectivity index (χ1v) is 27.0. The zero-order valence-corrected chi connectivity index (χ0v) is 47.5. The second kappa shape index (κ2) is 34.0. The van der Waals surface area contributed by atoms with E-state index in [2.05, 4.69) is 89.6 Å². The number of nitrogens with zero attached hydrogens (tertiary/aromatic N) is 8. The molecule has 458 valence electrons. The predicted molar refractivity (Wildman–Crippen MR) is 292 cm³/mol. The molecule has 4 amide bonds. The van der Waals surface area contributed by atoms with Gasteiger partial charge in [-0.1, -0.05) is 72.5 Å². The van der Waals surface area contributed by atoms with E-state index in [4.69, 9.17) is 29.3 Å². The van der Waals surface area contributed by atoms with Gasteiger partial charge < -0.3 is 59.9 Å². The highest BCUT2D eigenvalue weighted by molar-refractivity contribution is 5.91. The molecule has 0 bridgehead atoms. The Hall–Kier alpha value is -7.92. The summed E-state index contributed by atoms with van der Waals surface area (Å²) in [6, 6.07) is 17.2. The minimum Gasteiger partial charge on any atom is -0.475 e. The van der Waals surface area contributed by atoms with Gasteiger partial charge in [-0.2, -0.15) is 26.3 Å². The second-order valence-corrected chi connectivity index (χ2v) is 19.7. The first-order chi connectivity index (χ1) is 39.9. The Bertz CT molecular complexity index is 2680. The lowest BCUT2D eigenvalue weighted by Gasteiger charge is -2.32. The average Bonchev–Trinajstić information content (AvgIpc) is 4.41. The molecule has 28 heteroatoms. The molecule has 8 atom stereocenters. The van der Waals surface area contributed by atoms with Crippen molar-refractivity contribution in [2.24, 2.45) is 0 Å². The number of aliphatic carboxylic acids is 2. The summed E-state index contributed by atoms with van der Waals surface area (Å²) in [5, 5.41) is 43.1. The quantitative estimate of drug-likeness (QED) is 0.0433. The molecule has 22 nitrogen and oxygen atoms in total. The van der Waals surface area contributed by atoms with E-state index in [0.717, 1.165) is 63.0 Å². The number of halogens is 6. The number of alkyl halides is 6. The number of likely N-dealkylation sites (tertiary alicyclic amines) is 2. The minimum atomic E-state index is -5.08. The number of nitrogens with one attached hydrogen (secondary N) is 4. The molecule has 0 unspecified atom stereocenters. The third kappa shape index (κ3) is 22.3. The van der Waals surface area contributed by atoms with E-state index in [9.17, 15) is 45.5 Å². The maximum Gasteiger partial charge on any atom is 0.490 e. The summed E-state index contributed by atoms with van der Waals surface area (Å²) in [5.74, 6) is 6.42. The van der Waals surface area contributed by atoms with E-state index in [-0.39, 0.29) is 48.9 Å². The van der Waals surface area contributed by atoms with Crippen LogP contribution in [0.3, 0.4) is 0 Å². The van der Waals surface area contributed by atoms with E-state index < -0.39 is 60.7 Å². The Morgan fingerprint density at radius 2 is 0.940 bits per heavy atom. The molecule has 4 heterocycles. The Balaban J connectivity index is 0.000000959. The van der Waals surface area contributed by atoms with Gasteiger partial charge in [0, 0.05) is 51.1 Å². The number of amides is 4. The highest BCUT2D eigenvalue weighted by Gasteiger charge is 2.41. The number of hydrogen-bond acceptors (Lipinski definition) is 14. The largest absolute Gasteiger partial charge is 0.490 e. The van der Waals surface area contributed by atoms with Crippen LogP contribution in [0.4, 0.5) is 26.3 Å². The fraction of sp³-hybridized carbons (Fsp3) is 0.536. The predicted octanol–water partition coefficient (Wildman–Crippen LogP) is 3.39. The molecule has 0 aliphatic carbocycles. The molecule has 0 saturated carbocycles. The molecular formula is C56H72F6N12O10. The number of carboxylic acid groups (broad SMARTS) is 2. The van der Waals surface area contributed by atoms with Crippen molar-refractivity contribution in [3.8, 4) is 23.7 Å². The van der Waals surface area contributed by atoms with Gasteiger partial charge in [0.1, 0.15) is 49.6 Å². The summed E-state index contributed by atoms with van der Waals surface area (Å²) in [5.41, 5.74) is 2.43. The highest BCUT2D eigenvalue weighted by atomic mass is 19.4. The van der Waals surface area contributed by atoms with Gasteiger partial charge in [0.15, 0.2) is 0 Å². The number of rotatable bonds is 24. The van der Waals surface area contributed by atoms with Crippen molar-refractivity contribution in [3.63, 3.8) is 0 Å². The number of carboxylic acids is 2. The Morgan fingerprint density at radius 1 is 0.595 bits per heavy atom. The Kier molecular flexibility index (Phi) is 27.8. The number of aromatic nitrogens is 6. The van der Waals surface area contributed by atoms with Crippen LogP contribution in [-0.4, -0.2) is 186 Å². The number of likely N-dealkylation sites (N-methyl/N-ethyl adjacent to an activating group) is 2. The summed E-state index contributed by atoms with van der Waals surface area (Å²) < 4.78 is 79.6. The molecule has 0 radical (unpaired) electrons. The molecule has 4 aromatic rings. The van der Waals surface area contributed by atoms with Crippen molar-refractivity contribution >= 4 is 35.6 Å². The number of carbonyl (C=O) groups is 6. The van der Waals surface area contributed by atoms with Gasteiger partial charge >= 0.3 is 24.3 Å². The van der Waals surface area contributed by atoms with Crippen molar-refractivity contribution in [2.45, 2.75) is 153 Å². The van der Waals surface area contributed by atoms with Gasteiger partial charge in [0.25, 0.3) is 0 Å². The van der Waals surface area contributed by atoms with Gasteiger partial charge in [0.2, 0.25) is 23.6 Å². The highest BCUT2D eigenvalue weighted by Crippen LogP contribution is 2.24. The van der Waals surface area contributed by atoms with Gasteiger partial charge in [0.05, 0.1) is 24.3 Å². The first-order valence-electron chi connectivity index (χ1n) is 27.0. The first kappa shape index (κ1) is 68.6. The lowest BCUT2D eigenvalue weighted by atomic mass is 10.1. The summed E-state index contributed by atoms with van der Waals surface area (Å²) >= 11 is 0. The number of hydrogen-bond donors (Lipinski definition) is 6. The Morgan fingerprint density at radius 3 is 1.26 bits per heavy atom. The zero-order valence-electron chi connectivity index (χ0n) is 47.5. The number of ether oxygens (including phenoxy) is 2. The maximum atomic E-state index is 14.3. The maximum absolute atomic E-state index is 14.3. The normalized spacial score (nSPS) is 17.0. The summed E-state index contributed by atoms with van der Waals surface area (Å²) in [6.45, 7) is 9.05. The fourth-order valence-electron chi connectivity index (χ4n) is 8.77. The van der Waals surface area contributed by atoms with Crippen LogP contribution >= 0.6 is 0 Å². The summed E-state index contributed by atoms with van der Waals surface area (Å²) in [4.78, 5) is 76.4. The van der Waals surface area contributed by atoms with Crippen LogP contribution in [0.2, 0.25) is 0 Å². The van der Waals surface area contributed by atoms with Gasteiger partial charge in [-0.05, 0) is 103 Å². The monoisotopic (exact) mass is 1190 g/mol. The van der Waals surface area contributed by atoms with Crippen LogP contribution in [-0.2, 0) is 77.0 Å². The van der Waals surface area contributed by atoms with E-state index >= 15 is 0 Å². The molecule has 0 spiro atoms. The number of aryl methyl sites for hydroxylation is 4. The summed E-state index contributed by atoms with van der Waals surface area (Å²) in [6.07, 6.45) is -1.81. The van der Waals surface area contributed by atoms with Crippen molar-refractivity contribution in [1.29, 1.82) is 0 Å². The van der Waals surface area contributed by atoms with Crippen LogP contribution in [0.25, 0.3) is 0 Å². The van der Waals surface area contributed by atoms with Crippen LogP contribution in [0.15, 0.2) is 73.3 Å². The lowest BCUT2D eigenvalue weighted by Crippen LogP contribution is -2.58. The van der Waals surface area contributed by atoms with Crippen LogP contribution in [0.1, 0.15) is 76.2 Å². The summed E-state index contributed by atoms with van der Waals surface area (Å²) in [7, 11) is 3.37. The molecule has 2 aromatic heterocycles. The third-order valence-corrected chi connectivity index (χ3v) is 13.8. The van der Waals surface area contributed by atoms with E-state index in [1.54, 1.807) is 54.4 Å². The number of carbonyl (C=O) groups excluding carboxylic acids is 4. The van der Waals surface area contributed by atoms with Gasteiger partial charge in [-0.25, -0.2) is 9.59 Å². The number of benzene rings is 2. The molecular weight excluding hydrogens is 1110 g/mol. The molecule has 2 aliphatic rings. The molecule has 84 heavy (non-hydrogen) atoms. The minimum absolute atomic E-state index is 0.0455. The third-order valence-electron chi connectivity index (χ3n) is 13.8. The van der Waals surface area contributed by atoms with Crippen LogP contribution in [0.5, 0.6) is 0 Å². The Labute approximate surface area is 482 Å². The molecule has 2 saturated heterocycles. The molecule has 2 aromatic carbocycles. The van der Waals surface area contributed by atoms with Crippen molar-refractivity contribution in [3.05, 3.63) is 96.1 Å². The topological polar surface area (TPSA) is 277 Å². The van der Waals surface area contributed by atoms with E-state index in [1.807, 2.05) is 55.3 Å². The van der Waals surface area contributed by atoms with Crippen molar-refractivity contribution in [2.75, 3.05) is 40.4 Å². The van der Waals surface area contributed by atoms with Gasteiger partial charge in [-0.3, -0.25) is 19.2 Å². The van der Waals surface area contributed by atoms with Gasteiger partial charge in [-0.15, -0.1) is 20.4 Å².